The number of para-hydroxylation sites is 1. The van der Waals surface area contributed by atoms with Crippen LogP contribution in [0.5, 0.6) is 0 Å². The zero-order valence-corrected chi connectivity index (χ0v) is 12.4. The van der Waals surface area contributed by atoms with Gasteiger partial charge in [-0.2, -0.15) is 0 Å². The first-order valence-corrected chi connectivity index (χ1v) is 6.68. The van der Waals surface area contributed by atoms with Gasteiger partial charge in [0.05, 0.1) is 18.4 Å². The number of rotatable bonds is 6. The average molecular weight is 292 g/mol. The van der Waals surface area contributed by atoms with Gasteiger partial charge >= 0.3 is 5.97 Å². The van der Waals surface area contributed by atoms with Crippen LogP contribution in [0.4, 0.5) is 5.69 Å². The van der Waals surface area contributed by atoms with E-state index in [-0.39, 0.29) is 17.9 Å². The lowest BCUT2D eigenvalue weighted by atomic mass is 10.1. The lowest BCUT2D eigenvalue weighted by molar-refractivity contribution is -0.126. The summed E-state index contributed by atoms with van der Waals surface area (Å²) in [4.78, 5) is 34.9. The van der Waals surface area contributed by atoms with E-state index >= 15 is 0 Å². The summed E-state index contributed by atoms with van der Waals surface area (Å²) in [5, 5.41) is 5.20. The number of carbonyl (C=O) groups excluding carboxylic acids is 3. The first kappa shape index (κ1) is 16.7. The highest BCUT2D eigenvalue weighted by Crippen LogP contribution is 2.16. The fraction of sp³-hybridized carbons (Fsp3) is 0.400. The second kappa shape index (κ2) is 8.04. The highest BCUT2D eigenvalue weighted by molar-refractivity contribution is 6.06. The maximum absolute atomic E-state index is 11.8. The second-order valence-corrected chi connectivity index (χ2v) is 4.96. The van der Waals surface area contributed by atoms with E-state index in [9.17, 15) is 14.4 Å². The summed E-state index contributed by atoms with van der Waals surface area (Å²) in [5.41, 5.74) is 0.571. The van der Waals surface area contributed by atoms with Crippen LogP contribution in [0, 0.1) is 5.92 Å². The molecule has 0 spiro atoms. The molecule has 1 aromatic carbocycles. The van der Waals surface area contributed by atoms with E-state index in [1.807, 2.05) is 13.8 Å². The predicted molar refractivity (Wildman–Crippen MR) is 78.9 cm³/mol. The van der Waals surface area contributed by atoms with E-state index in [2.05, 4.69) is 15.4 Å². The van der Waals surface area contributed by atoms with Gasteiger partial charge in [-0.05, 0) is 18.1 Å². The highest BCUT2D eigenvalue weighted by Gasteiger charge is 2.15. The van der Waals surface area contributed by atoms with Crippen LogP contribution in [0.25, 0.3) is 0 Å². The zero-order valence-electron chi connectivity index (χ0n) is 12.4. The molecule has 0 aliphatic carbocycles. The molecule has 2 N–H and O–H groups in total. The van der Waals surface area contributed by atoms with Gasteiger partial charge in [0.25, 0.3) is 0 Å². The van der Waals surface area contributed by atoms with E-state index in [4.69, 9.17) is 0 Å². The third-order valence-corrected chi connectivity index (χ3v) is 2.64. The van der Waals surface area contributed by atoms with Crippen LogP contribution in [0.15, 0.2) is 24.3 Å². The van der Waals surface area contributed by atoms with Gasteiger partial charge in [-0.25, -0.2) is 4.79 Å². The van der Waals surface area contributed by atoms with Crippen molar-refractivity contribution >= 4 is 23.5 Å². The maximum Gasteiger partial charge on any atom is 0.339 e. The fourth-order valence-electron chi connectivity index (χ4n) is 1.60. The van der Waals surface area contributed by atoms with Crippen molar-refractivity contribution in [1.82, 2.24) is 5.32 Å². The standard InChI is InChI=1S/C15H20N2O4/c1-10(2)9-16-13(18)8-14(19)17-12-7-5-4-6-11(12)15(20)21-3/h4-7,10H,8-9H2,1-3H3,(H,16,18)(H,17,19). The highest BCUT2D eigenvalue weighted by atomic mass is 16.5. The molecule has 1 rings (SSSR count). The van der Waals surface area contributed by atoms with Gasteiger partial charge in [0, 0.05) is 6.54 Å². The smallest absolute Gasteiger partial charge is 0.339 e. The number of hydrogen-bond donors (Lipinski definition) is 2. The van der Waals surface area contributed by atoms with Crippen molar-refractivity contribution in [2.24, 2.45) is 5.92 Å². The third kappa shape index (κ3) is 5.64. The normalized spacial score (nSPS) is 10.1. The van der Waals surface area contributed by atoms with Crippen LogP contribution in [0.3, 0.4) is 0 Å². The Morgan fingerprint density at radius 3 is 2.43 bits per heavy atom. The van der Waals surface area contributed by atoms with Crippen LogP contribution < -0.4 is 10.6 Å². The number of hydrogen-bond acceptors (Lipinski definition) is 4. The van der Waals surface area contributed by atoms with Gasteiger partial charge in [0.1, 0.15) is 6.42 Å². The van der Waals surface area contributed by atoms with Crippen LogP contribution in [-0.2, 0) is 14.3 Å². The predicted octanol–water partition coefficient (Wildman–Crippen LogP) is 1.57. The summed E-state index contributed by atoms with van der Waals surface area (Å²) in [5.74, 6) is -1.06. The van der Waals surface area contributed by atoms with Gasteiger partial charge in [-0.3, -0.25) is 9.59 Å². The van der Waals surface area contributed by atoms with Crippen molar-refractivity contribution in [3.05, 3.63) is 29.8 Å². The van der Waals surface area contributed by atoms with Gasteiger partial charge in [-0.1, -0.05) is 26.0 Å². The molecule has 21 heavy (non-hydrogen) atoms. The lowest BCUT2D eigenvalue weighted by Gasteiger charge is -2.10. The van der Waals surface area contributed by atoms with Crippen LogP contribution in [0.1, 0.15) is 30.6 Å². The summed E-state index contributed by atoms with van der Waals surface area (Å²) in [6.45, 7) is 4.45. The molecule has 2 amide bonds. The van der Waals surface area contributed by atoms with E-state index in [1.165, 1.54) is 7.11 Å². The molecule has 0 bridgehead atoms. The summed E-state index contributed by atoms with van der Waals surface area (Å²) in [6.07, 6.45) is -0.289. The topological polar surface area (TPSA) is 84.5 Å². The first-order valence-electron chi connectivity index (χ1n) is 6.68. The summed E-state index contributed by atoms with van der Waals surface area (Å²) in [7, 11) is 1.26. The van der Waals surface area contributed by atoms with E-state index in [0.717, 1.165) is 0 Å². The van der Waals surface area contributed by atoms with Crippen molar-refractivity contribution in [3.63, 3.8) is 0 Å². The first-order chi connectivity index (χ1) is 9.93. The minimum absolute atomic E-state index is 0.246. The zero-order chi connectivity index (χ0) is 15.8. The minimum atomic E-state index is -0.546. The van der Waals surface area contributed by atoms with Crippen LogP contribution >= 0.6 is 0 Å². The Hall–Kier alpha value is -2.37. The van der Waals surface area contributed by atoms with Gasteiger partial charge < -0.3 is 15.4 Å². The Morgan fingerprint density at radius 1 is 1.14 bits per heavy atom. The molecule has 0 saturated carbocycles. The molecule has 0 unspecified atom stereocenters. The van der Waals surface area contributed by atoms with Gasteiger partial charge in [-0.15, -0.1) is 0 Å². The number of methoxy groups -OCH3 is 1. The molecule has 6 nitrogen and oxygen atoms in total. The quantitative estimate of drug-likeness (QED) is 0.616. The molecular weight excluding hydrogens is 272 g/mol. The fourth-order valence-corrected chi connectivity index (χ4v) is 1.60. The van der Waals surface area contributed by atoms with E-state index in [0.29, 0.717) is 18.2 Å². The Labute approximate surface area is 123 Å². The molecule has 114 valence electrons. The number of ether oxygens (including phenoxy) is 1. The number of amides is 2. The summed E-state index contributed by atoms with van der Waals surface area (Å²) >= 11 is 0. The second-order valence-electron chi connectivity index (χ2n) is 4.96. The molecule has 1 aromatic rings. The molecular formula is C15H20N2O4. The van der Waals surface area contributed by atoms with E-state index in [1.54, 1.807) is 24.3 Å². The van der Waals surface area contributed by atoms with Gasteiger partial charge in [0.2, 0.25) is 11.8 Å². The van der Waals surface area contributed by atoms with Crippen LogP contribution in [0.2, 0.25) is 0 Å². The average Bonchev–Trinajstić information content (AvgIpc) is 2.44. The number of nitrogens with one attached hydrogen (secondary N) is 2. The molecule has 0 fully saturated rings. The summed E-state index contributed by atoms with van der Waals surface area (Å²) in [6, 6.07) is 6.47. The molecule has 0 aliphatic heterocycles. The third-order valence-electron chi connectivity index (χ3n) is 2.64. The molecule has 0 aromatic heterocycles. The summed E-state index contributed by atoms with van der Waals surface area (Å²) < 4.78 is 4.63. The molecule has 0 aliphatic rings. The lowest BCUT2D eigenvalue weighted by Crippen LogP contribution is -2.31. The SMILES string of the molecule is COC(=O)c1ccccc1NC(=O)CC(=O)NCC(C)C. The number of anilines is 1. The molecule has 0 radical (unpaired) electrons. The van der Waals surface area contributed by atoms with Crippen molar-refractivity contribution in [3.8, 4) is 0 Å². The Balaban J connectivity index is 2.63. The molecule has 0 heterocycles. The van der Waals surface area contributed by atoms with E-state index < -0.39 is 11.9 Å². The number of carbonyl (C=O) groups is 3. The van der Waals surface area contributed by atoms with Crippen LogP contribution in [-0.4, -0.2) is 31.4 Å². The molecule has 6 heteroatoms. The Bertz CT molecular complexity index is 526. The number of esters is 1. The van der Waals surface area contributed by atoms with Crippen molar-refractivity contribution in [2.45, 2.75) is 20.3 Å². The van der Waals surface area contributed by atoms with Crippen molar-refractivity contribution in [1.29, 1.82) is 0 Å². The molecule has 0 saturated heterocycles. The molecule has 0 atom stereocenters. The monoisotopic (exact) mass is 292 g/mol. The maximum atomic E-state index is 11.8. The Kier molecular flexibility index (Phi) is 6.39. The largest absolute Gasteiger partial charge is 0.465 e. The number of benzene rings is 1. The van der Waals surface area contributed by atoms with Crippen molar-refractivity contribution in [2.75, 3.05) is 19.0 Å². The van der Waals surface area contributed by atoms with Crippen molar-refractivity contribution < 1.29 is 19.1 Å². The Morgan fingerprint density at radius 2 is 1.81 bits per heavy atom. The van der Waals surface area contributed by atoms with Gasteiger partial charge in [0.15, 0.2) is 0 Å². The minimum Gasteiger partial charge on any atom is -0.465 e.